The Morgan fingerprint density at radius 3 is 2.49 bits per heavy atom. The molecule has 1 unspecified atom stereocenters. The van der Waals surface area contributed by atoms with Crippen molar-refractivity contribution in [2.24, 2.45) is 21.6 Å². The Kier molecular flexibility index (Phi) is 14.4. The van der Waals surface area contributed by atoms with Gasteiger partial charge in [0.15, 0.2) is 0 Å². The summed E-state index contributed by atoms with van der Waals surface area (Å²) in [4.78, 5) is 11.5. The van der Waals surface area contributed by atoms with Crippen LogP contribution >= 0.6 is 21.0 Å². The predicted molar refractivity (Wildman–Crippen MR) is 173 cm³/mol. The van der Waals surface area contributed by atoms with Gasteiger partial charge in [-0.3, -0.25) is 9.98 Å². The molecular weight excluding hydrogens is 526 g/mol. The zero-order valence-corrected chi connectivity index (χ0v) is 25.2. The Labute approximate surface area is 240 Å². The van der Waals surface area contributed by atoms with E-state index in [0.717, 1.165) is 60.5 Å². The van der Waals surface area contributed by atoms with Gasteiger partial charge in [0.25, 0.3) is 0 Å². The van der Waals surface area contributed by atoms with Crippen LogP contribution in [0, 0.1) is 11.3 Å². The zero-order valence-electron chi connectivity index (χ0n) is 23.2. The number of piperidine rings is 1. The second kappa shape index (κ2) is 17.2. The Morgan fingerprint density at radius 1 is 1.26 bits per heavy atom. The Morgan fingerprint density at radius 2 is 1.95 bits per heavy atom. The smallest absolute Gasteiger partial charge is 0.120 e. The second-order valence-electron chi connectivity index (χ2n) is 9.75. The van der Waals surface area contributed by atoms with Crippen molar-refractivity contribution in [1.82, 2.24) is 10.2 Å². The Balaban J connectivity index is 2.40. The van der Waals surface area contributed by atoms with Gasteiger partial charge in [-0.15, -0.1) is 27.6 Å². The van der Waals surface area contributed by atoms with E-state index in [1.165, 1.54) is 12.4 Å². The molecule has 1 saturated carbocycles. The first kappa shape index (κ1) is 32.7. The molecule has 2 rings (SSSR count). The maximum atomic E-state index is 14.6. The first-order valence-electron chi connectivity index (χ1n) is 13.3. The summed E-state index contributed by atoms with van der Waals surface area (Å²) >= 11 is 1.74. The van der Waals surface area contributed by atoms with Crippen molar-refractivity contribution in [3.63, 3.8) is 0 Å². The molecule has 0 aromatic heterocycles. The second-order valence-corrected chi connectivity index (χ2v) is 11.4. The number of nitrogens with zero attached hydrogens (tertiary/aromatic N) is 3. The third-order valence-electron chi connectivity index (χ3n) is 6.60. The number of allylic oxidation sites excluding steroid dienone is 6. The van der Waals surface area contributed by atoms with Gasteiger partial charge in [-0.25, -0.2) is 4.39 Å². The van der Waals surface area contributed by atoms with Crippen molar-refractivity contribution in [1.29, 1.82) is 5.41 Å². The Hall–Kier alpha value is -2.54. The number of rotatable bonds is 16. The molecule has 2 aliphatic rings. The molecule has 0 amide bonds. The van der Waals surface area contributed by atoms with Crippen LogP contribution in [0.25, 0.3) is 0 Å². The topological polar surface area (TPSA) is 89.9 Å². The van der Waals surface area contributed by atoms with Crippen LogP contribution < -0.4 is 11.1 Å². The number of halogens is 1. The highest BCUT2D eigenvalue weighted by Gasteiger charge is 2.31. The average Bonchev–Trinajstić information content (AvgIpc) is 3.78. The average molecular weight is 571 g/mol. The number of thioether (sulfide) groups is 1. The number of hydrogen-bond donors (Lipinski definition) is 3. The molecule has 0 bridgehead atoms. The molecule has 2 fully saturated rings. The van der Waals surface area contributed by atoms with Gasteiger partial charge >= 0.3 is 0 Å². The van der Waals surface area contributed by atoms with Crippen LogP contribution in [0.3, 0.4) is 0 Å². The fourth-order valence-electron chi connectivity index (χ4n) is 4.18. The molecule has 0 aromatic carbocycles. The molecule has 0 spiro atoms. The lowest BCUT2D eigenvalue weighted by atomic mass is 10.0. The highest BCUT2D eigenvalue weighted by Crippen LogP contribution is 2.42. The quantitative estimate of drug-likeness (QED) is 0.0667. The number of likely N-dealkylation sites (tertiary alicyclic amines) is 1. The summed E-state index contributed by atoms with van der Waals surface area (Å²) in [6, 6.07) is 0. The standard InChI is InChI=1S/C30H44FN6PS/c1-6-7-8-26(31)28(20-38)36-21(2)17-23(11-14-32)19-35-30(39-25-12-15-37(5)16-13-25)29(27(18-33)34-4)22(3)24-9-10-24/h6,11,14,17-18,24-25,33,36H,1-4,7-10,12-13,15-16,19-20,32,38H2,5H3/b14-11-,23-17+,28-26-,29-27-,33-18?,35-30?. The SMILES string of the molecule is C=CCC/C(F)=C(\CP)NC(=C)/C=C(\C=C/N)CN=C(SC1CCN(C)CC1)/C(C(=C)C1CC1)=C(/C=N)N=C. The predicted octanol–water partition coefficient (Wildman–Crippen LogP) is 6.31. The summed E-state index contributed by atoms with van der Waals surface area (Å²) in [6.45, 7) is 18.2. The summed E-state index contributed by atoms with van der Waals surface area (Å²) in [7, 11) is 4.69. The highest BCUT2D eigenvalue weighted by molar-refractivity contribution is 8.15. The lowest BCUT2D eigenvalue weighted by molar-refractivity contribution is 0.282. The fraction of sp³-hybridized carbons (Fsp3) is 0.433. The van der Waals surface area contributed by atoms with Crippen LogP contribution in [0.1, 0.15) is 38.5 Å². The van der Waals surface area contributed by atoms with Crippen LogP contribution in [-0.2, 0) is 0 Å². The van der Waals surface area contributed by atoms with Crippen molar-refractivity contribution in [2.45, 2.75) is 43.8 Å². The van der Waals surface area contributed by atoms with E-state index < -0.39 is 0 Å². The number of aliphatic imine (C=N–C) groups is 2. The van der Waals surface area contributed by atoms with Crippen LogP contribution in [0.4, 0.5) is 4.39 Å². The molecule has 1 atom stereocenters. The molecule has 0 aromatic rings. The molecular formula is C30H44FN6PS. The molecule has 0 radical (unpaired) electrons. The number of nitrogens with one attached hydrogen (secondary N) is 2. The van der Waals surface area contributed by atoms with Crippen LogP contribution in [0.5, 0.6) is 0 Å². The third-order valence-corrected chi connectivity index (χ3v) is 8.37. The van der Waals surface area contributed by atoms with Gasteiger partial charge in [-0.2, -0.15) is 0 Å². The van der Waals surface area contributed by atoms with E-state index in [1.807, 2.05) is 6.08 Å². The fourth-order valence-corrected chi connectivity index (χ4v) is 5.75. The van der Waals surface area contributed by atoms with Gasteiger partial charge in [0.05, 0.1) is 17.9 Å². The normalized spacial score (nSPS) is 18.8. The van der Waals surface area contributed by atoms with E-state index in [9.17, 15) is 4.39 Å². The van der Waals surface area contributed by atoms with Crippen molar-refractivity contribution < 1.29 is 4.39 Å². The van der Waals surface area contributed by atoms with Gasteiger partial charge in [-0.1, -0.05) is 19.2 Å². The van der Waals surface area contributed by atoms with E-state index >= 15 is 0 Å². The summed E-state index contributed by atoms with van der Waals surface area (Å²) in [5.41, 5.74) is 9.86. The van der Waals surface area contributed by atoms with Gasteiger partial charge in [0.2, 0.25) is 0 Å². The molecule has 9 heteroatoms. The van der Waals surface area contributed by atoms with Crippen LogP contribution in [0.2, 0.25) is 0 Å². The third kappa shape index (κ3) is 10.9. The molecule has 212 valence electrons. The molecule has 39 heavy (non-hydrogen) atoms. The van der Waals surface area contributed by atoms with E-state index in [0.29, 0.717) is 53.8 Å². The minimum atomic E-state index is -0.213. The molecule has 1 heterocycles. The summed E-state index contributed by atoms with van der Waals surface area (Å²) in [5.74, 6) is 0.172. The molecule has 4 N–H and O–H groups in total. The first-order chi connectivity index (χ1) is 18.8. The van der Waals surface area contributed by atoms with Gasteiger partial charge < -0.3 is 21.4 Å². The number of nitrogens with two attached hydrogens (primary N) is 1. The molecule has 1 saturated heterocycles. The van der Waals surface area contributed by atoms with Crippen molar-refractivity contribution in [3.05, 3.63) is 83.8 Å². The van der Waals surface area contributed by atoms with E-state index in [1.54, 1.807) is 23.9 Å². The minimum Gasteiger partial charge on any atom is -0.405 e. The van der Waals surface area contributed by atoms with Gasteiger partial charge in [-0.05, 0) is 94.4 Å². The maximum Gasteiger partial charge on any atom is 0.120 e. The lowest BCUT2D eigenvalue weighted by Gasteiger charge is -2.29. The van der Waals surface area contributed by atoms with Crippen molar-refractivity contribution in [2.75, 3.05) is 32.8 Å². The van der Waals surface area contributed by atoms with Crippen molar-refractivity contribution >= 4 is 39.0 Å². The largest absolute Gasteiger partial charge is 0.405 e. The summed E-state index contributed by atoms with van der Waals surface area (Å²) in [6.07, 6.45) is 13.6. The van der Waals surface area contributed by atoms with Crippen molar-refractivity contribution in [3.8, 4) is 0 Å². The van der Waals surface area contributed by atoms with E-state index in [-0.39, 0.29) is 5.83 Å². The Bertz CT molecular complexity index is 1070. The zero-order chi connectivity index (χ0) is 28.8. The molecule has 6 nitrogen and oxygen atoms in total. The van der Waals surface area contributed by atoms with Crippen LogP contribution in [0.15, 0.2) is 93.8 Å². The highest BCUT2D eigenvalue weighted by atomic mass is 32.2. The van der Waals surface area contributed by atoms with E-state index in [4.69, 9.17) is 16.1 Å². The molecule has 1 aliphatic carbocycles. The van der Waals surface area contributed by atoms with Gasteiger partial charge in [0.1, 0.15) is 10.9 Å². The monoisotopic (exact) mass is 570 g/mol. The van der Waals surface area contributed by atoms with Gasteiger partial charge in [0, 0.05) is 35.3 Å². The summed E-state index contributed by atoms with van der Waals surface area (Å²) < 4.78 is 14.6. The minimum absolute atomic E-state index is 0.213. The molecule has 1 aliphatic heterocycles. The first-order valence-corrected chi connectivity index (χ1v) is 15.0. The maximum absolute atomic E-state index is 14.6. The summed E-state index contributed by atoms with van der Waals surface area (Å²) in [5, 5.41) is 12.3. The lowest BCUT2D eigenvalue weighted by Crippen LogP contribution is -2.32. The number of hydrogen-bond acceptors (Lipinski definition) is 7. The van der Waals surface area contributed by atoms with Crippen LogP contribution in [-0.4, -0.2) is 61.0 Å². The van der Waals surface area contributed by atoms with E-state index in [2.05, 4.69) is 58.0 Å².